The molecule has 2 aliphatic rings. The smallest absolute Gasteiger partial charge is 0.230 e. The summed E-state index contributed by atoms with van der Waals surface area (Å²) in [7, 11) is 0. The van der Waals surface area contributed by atoms with E-state index in [2.05, 4.69) is 15.1 Å². The molecule has 2 unspecified atom stereocenters. The van der Waals surface area contributed by atoms with Gasteiger partial charge in [0, 0.05) is 12.0 Å². The van der Waals surface area contributed by atoms with Crippen LogP contribution in [-0.4, -0.2) is 32.8 Å². The van der Waals surface area contributed by atoms with Gasteiger partial charge in [0.2, 0.25) is 11.8 Å². The maximum Gasteiger partial charge on any atom is 0.230 e. The van der Waals surface area contributed by atoms with E-state index in [1.165, 1.54) is 19.3 Å². The lowest BCUT2D eigenvalue weighted by molar-refractivity contribution is 0.113. The Balaban J connectivity index is 1.37. The van der Waals surface area contributed by atoms with Gasteiger partial charge in [-0.2, -0.15) is 0 Å². The van der Waals surface area contributed by atoms with E-state index in [9.17, 15) is 5.11 Å². The van der Waals surface area contributed by atoms with Gasteiger partial charge in [0.05, 0.1) is 12.6 Å². The molecule has 24 heavy (non-hydrogen) atoms. The van der Waals surface area contributed by atoms with E-state index in [1.807, 2.05) is 30.3 Å². The van der Waals surface area contributed by atoms with Crippen LogP contribution in [0.3, 0.4) is 0 Å². The Morgan fingerprint density at radius 2 is 1.96 bits per heavy atom. The van der Waals surface area contributed by atoms with Crippen LogP contribution in [0, 0.1) is 0 Å². The summed E-state index contributed by atoms with van der Waals surface area (Å²) in [5.41, 5.74) is 0.995. The third-order valence-corrected chi connectivity index (χ3v) is 5.45. The van der Waals surface area contributed by atoms with Gasteiger partial charge < -0.3 is 9.52 Å². The molecule has 5 nitrogen and oxygen atoms in total. The van der Waals surface area contributed by atoms with Crippen molar-refractivity contribution < 1.29 is 9.52 Å². The van der Waals surface area contributed by atoms with Crippen LogP contribution in [0.4, 0.5) is 0 Å². The van der Waals surface area contributed by atoms with Crippen molar-refractivity contribution in [3.63, 3.8) is 0 Å². The summed E-state index contributed by atoms with van der Waals surface area (Å²) in [5, 5.41) is 19.0. The molecule has 1 aromatic heterocycles. The third-order valence-electron chi connectivity index (χ3n) is 5.45. The van der Waals surface area contributed by atoms with Crippen LogP contribution in [-0.2, 0) is 6.54 Å². The Bertz CT molecular complexity index is 654. The minimum absolute atomic E-state index is 0.374. The number of aliphatic hydroxyl groups excluding tert-OH is 1. The zero-order valence-corrected chi connectivity index (χ0v) is 14.0. The highest BCUT2D eigenvalue weighted by molar-refractivity contribution is 5.17. The minimum Gasteiger partial charge on any atom is -0.424 e. The van der Waals surface area contributed by atoms with Gasteiger partial charge in [-0.05, 0) is 44.2 Å². The van der Waals surface area contributed by atoms with Crippen LogP contribution in [0.2, 0.25) is 0 Å². The molecular weight excluding hydrogens is 302 g/mol. The van der Waals surface area contributed by atoms with Crippen LogP contribution >= 0.6 is 0 Å². The predicted molar refractivity (Wildman–Crippen MR) is 90.3 cm³/mol. The van der Waals surface area contributed by atoms with Crippen LogP contribution in [0.5, 0.6) is 0 Å². The third kappa shape index (κ3) is 3.37. The van der Waals surface area contributed by atoms with Crippen molar-refractivity contribution >= 4 is 0 Å². The summed E-state index contributed by atoms with van der Waals surface area (Å²) in [5.74, 6) is 2.02. The van der Waals surface area contributed by atoms with Crippen molar-refractivity contribution in [3.05, 3.63) is 47.7 Å². The van der Waals surface area contributed by atoms with E-state index in [0.29, 0.717) is 18.5 Å². The van der Waals surface area contributed by atoms with Gasteiger partial charge >= 0.3 is 0 Å². The van der Waals surface area contributed by atoms with Crippen molar-refractivity contribution in [1.82, 2.24) is 15.1 Å². The Morgan fingerprint density at radius 3 is 2.71 bits per heavy atom. The fourth-order valence-electron chi connectivity index (χ4n) is 3.76. The number of benzene rings is 1. The first kappa shape index (κ1) is 15.8. The van der Waals surface area contributed by atoms with Crippen molar-refractivity contribution in [3.8, 4) is 0 Å². The van der Waals surface area contributed by atoms with Crippen LogP contribution in [0.1, 0.15) is 67.9 Å². The zero-order chi connectivity index (χ0) is 16.4. The SMILES string of the molecule is OC(CC1CCCN1Cc1nnc(C2CCC2)o1)c1ccccc1. The van der Waals surface area contributed by atoms with Crippen molar-refractivity contribution in [2.75, 3.05) is 6.54 Å². The first-order chi connectivity index (χ1) is 11.8. The quantitative estimate of drug-likeness (QED) is 0.881. The fraction of sp³-hybridized carbons (Fsp3) is 0.579. The summed E-state index contributed by atoms with van der Waals surface area (Å²) in [6.45, 7) is 1.74. The Hall–Kier alpha value is -1.72. The molecule has 1 saturated carbocycles. The molecule has 1 aromatic carbocycles. The molecule has 0 spiro atoms. The number of nitrogens with zero attached hydrogens (tertiary/aromatic N) is 3. The van der Waals surface area contributed by atoms with Gasteiger partial charge in [-0.1, -0.05) is 36.8 Å². The molecular formula is C19H25N3O2. The number of hydrogen-bond acceptors (Lipinski definition) is 5. The van der Waals surface area contributed by atoms with Gasteiger partial charge in [-0.3, -0.25) is 4.90 Å². The number of aliphatic hydroxyl groups is 1. The van der Waals surface area contributed by atoms with Gasteiger partial charge in [0.25, 0.3) is 0 Å². The maximum absolute atomic E-state index is 10.5. The summed E-state index contributed by atoms with van der Waals surface area (Å²) in [6.07, 6.45) is 6.25. The van der Waals surface area contributed by atoms with E-state index in [0.717, 1.165) is 43.2 Å². The minimum atomic E-state index is -0.412. The van der Waals surface area contributed by atoms with Crippen LogP contribution in [0.15, 0.2) is 34.7 Å². The van der Waals surface area contributed by atoms with E-state index in [1.54, 1.807) is 0 Å². The average molecular weight is 327 g/mol. The molecule has 2 heterocycles. The largest absolute Gasteiger partial charge is 0.424 e. The Morgan fingerprint density at radius 1 is 1.12 bits per heavy atom. The number of likely N-dealkylation sites (tertiary alicyclic amines) is 1. The summed E-state index contributed by atoms with van der Waals surface area (Å²) in [4.78, 5) is 2.38. The lowest BCUT2D eigenvalue weighted by atomic mass is 9.85. The monoisotopic (exact) mass is 327 g/mol. The molecule has 0 amide bonds. The molecule has 128 valence electrons. The van der Waals surface area contributed by atoms with Crippen molar-refractivity contribution in [1.29, 1.82) is 0 Å². The highest BCUT2D eigenvalue weighted by Gasteiger charge is 2.30. The van der Waals surface area contributed by atoms with Crippen molar-refractivity contribution in [2.45, 2.75) is 63.1 Å². The average Bonchev–Trinajstić information content (AvgIpc) is 3.17. The van der Waals surface area contributed by atoms with Crippen molar-refractivity contribution in [2.24, 2.45) is 0 Å². The standard InChI is InChI=1S/C19H25N3O2/c23-17(14-6-2-1-3-7-14)12-16-10-5-11-22(16)13-18-20-21-19(24-18)15-8-4-9-15/h1-3,6-7,15-17,23H,4-5,8-13H2. The van der Waals surface area contributed by atoms with E-state index in [4.69, 9.17) is 4.42 Å². The van der Waals surface area contributed by atoms with E-state index in [-0.39, 0.29) is 0 Å². The second-order valence-corrected chi connectivity index (χ2v) is 7.09. The predicted octanol–water partition coefficient (Wildman–Crippen LogP) is 3.43. The van der Waals surface area contributed by atoms with Gasteiger partial charge in [0.15, 0.2) is 0 Å². The Kier molecular flexibility index (Phi) is 4.63. The normalized spacial score (nSPS) is 23.3. The number of rotatable bonds is 6. The van der Waals surface area contributed by atoms with Gasteiger partial charge in [-0.15, -0.1) is 10.2 Å². The van der Waals surface area contributed by atoms with Gasteiger partial charge in [0.1, 0.15) is 0 Å². The lowest BCUT2D eigenvalue weighted by Gasteiger charge is -2.25. The molecule has 2 atom stereocenters. The lowest BCUT2D eigenvalue weighted by Crippen LogP contribution is -2.30. The summed E-state index contributed by atoms with van der Waals surface area (Å²) in [6, 6.07) is 10.3. The topological polar surface area (TPSA) is 62.4 Å². The molecule has 1 aliphatic carbocycles. The molecule has 1 N–H and O–H groups in total. The van der Waals surface area contributed by atoms with Gasteiger partial charge in [-0.25, -0.2) is 0 Å². The summed E-state index contributed by atoms with van der Waals surface area (Å²) < 4.78 is 5.86. The molecule has 0 radical (unpaired) electrons. The first-order valence-electron chi connectivity index (χ1n) is 9.09. The molecule has 0 bridgehead atoms. The van der Waals surface area contributed by atoms with E-state index < -0.39 is 6.10 Å². The highest BCUT2D eigenvalue weighted by Crippen LogP contribution is 2.35. The van der Waals surface area contributed by atoms with Crippen LogP contribution in [0.25, 0.3) is 0 Å². The number of aromatic nitrogens is 2. The Labute approximate surface area is 142 Å². The highest BCUT2D eigenvalue weighted by atomic mass is 16.4. The maximum atomic E-state index is 10.5. The molecule has 2 fully saturated rings. The molecule has 5 heteroatoms. The zero-order valence-electron chi connectivity index (χ0n) is 14.0. The molecule has 4 rings (SSSR count). The second-order valence-electron chi connectivity index (χ2n) is 7.09. The van der Waals surface area contributed by atoms with E-state index >= 15 is 0 Å². The molecule has 2 aromatic rings. The first-order valence-corrected chi connectivity index (χ1v) is 9.09. The fourth-order valence-corrected chi connectivity index (χ4v) is 3.76. The molecule has 1 saturated heterocycles. The molecule has 1 aliphatic heterocycles. The second kappa shape index (κ2) is 7.03. The summed E-state index contributed by atoms with van der Waals surface area (Å²) >= 11 is 0. The number of hydrogen-bond donors (Lipinski definition) is 1. The van der Waals surface area contributed by atoms with Crippen LogP contribution < -0.4 is 0 Å².